The van der Waals surface area contributed by atoms with Crippen LogP contribution in [0.5, 0.6) is 0 Å². The smallest absolute Gasteiger partial charge is 0.356 e. The summed E-state index contributed by atoms with van der Waals surface area (Å²) in [6.07, 6.45) is 1.89. The molecule has 1 aromatic rings. The van der Waals surface area contributed by atoms with Crippen LogP contribution in [0, 0.1) is 0 Å². The van der Waals surface area contributed by atoms with Crippen LogP contribution in [0.1, 0.15) is 36.5 Å². The van der Waals surface area contributed by atoms with E-state index < -0.39 is 5.97 Å². The third-order valence-electron chi connectivity index (χ3n) is 3.79. The largest absolute Gasteiger partial charge is 0.461 e. The van der Waals surface area contributed by atoms with E-state index in [1.54, 1.807) is 31.2 Å². The third-order valence-corrected chi connectivity index (χ3v) is 5.06. The lowest BCUT2D eigenvalue weighted by atomic mass is 10.0. The van der Waals surface area contributed by atoms with E-state index >= 15 is 0 Å². The monoisotopic (exact) mass is 343 g/mol. The van der Waals surface area contributed by atoms with E-state index in [9.17, 15) is 14.4 Å². The van der Waals surface area contributed by atoms with Crippen LogP contribution in [0.3, 0.4) is 0 Å². The summed E-state index contributed by atoms with van der Waals surface area (Å²) in [5.74, 6) is -0.857. The highest BCUT2D eigenvalue weighted by atomic mass is 32.2. The van der Waals surface area contributed by atoms with Gasteiger partial charge >= 0.3 is 5.97 Å². The Bertz CT molecular complexity index is 764. The predicted molar refractivity (Wildman–Crippen MR) is 91.0 cm³/mol. The Hall–Kier alpha value is -2.34. The van der Waals surface area contributed by atoms with Crippen LogP contribution in [0.25, 0.3) is 0 Å². The standard InChI is InChI=1S/C18H17NO4S/c1-2-23-18(22)14-17(15(21)11-7-4-3-5-8-11)24-16-12(19-14)9-6-10-13(16)20/h3-5,7-8,19H,2,6,9-10H2,1H3. The summed E-state index contributed by atoms with van der Waals surface area (Å²) < 4.78 is 5.07. The molecule has 0 atom stereocenters. The van der Waals surface area contributed by atoms with Crippen LogP contribution < -0.4 is 5.32 Å². The molecule has 1 aromatic carbocycles. The third kappa shape index (κ3) is 3.14. The van der Waals surface area contributed by atoms with Crippen LogP contribution >= 0.6 is 11.8 Å². The van der Waals surface area contributed by atoms with Gasteiger partial charge in [-0.05, 0) is 19.8 Å². The van der Waals surface area contributed by atoms with Gasteiger partial charge in [-0.3, -0.25) is 9.59 Å². The molecule has 0 amide bonds. The van der Waals surface area contributed by atoms with E-state index in [-0.39, 0.29) is 28.8 Å². The summed E-state index contributed by atoms with van der Waals surface area (Å²) >= 11 is 1.09. The summed E-state index contributed by atoms with van der Waals surface area (Å²) in [4.78, 5) is 38.0. The van der Waals surface area contributed by atoms with E-state index in [0.29, 0.717) is 29.0 Å². The molecule has 1 aliphatic carbocycles. The predicted octanol–water partition coefficient (Wildman–Crippen LogP) is 2.95. The summed E-state index contributed by atoms with van der Waals surface area (Å²) in [6.45, 7) is 1.92. The topological polar surface area (TPSA) is 72.5 Å². The van der Waals surface area contributed by atoms with Gasteiger partial charge in [0.2, 0.25) is 5.78 Å². The van der Waals surface area contributed by atoms with E-state index in [4.69, 9.17) is 4.74 Å². The van der Waals surface area contributed by atoms with Crippen LogP contribution in [-0.2, 0) is 14.3 Å². The van der Waals surface area contributed by atoms with Crippen LogP contribution in [-0.4, -0.2) is 24.1 Å². The molecule has 0 fully saturated rings. The molecule has 0 unspecified atom stereocenters. The second kappa shape index (κ2) is 7.05. The van der Waals surface area contributed by atoms with Gasteiger partial charge < -0.3 is 10.1 Å². The molecular weight excluding hydrogens is 326 g/mol. The van der Waals surface area contributed by atoms with Crippen molar-refractivity contribution in [3.63, 3.8) is 0 Å². The minimum atomic E-state index is -0.575. The van der Waals surface area contributed by atoms with E-state index in [1.807, 2.05) is 6.07 Å². The molecule has 1 heterocycles. The number of carbonyl (C=O) groups excluding carboxylic acids is 3. The van der Waals surface area contributed by atoms with Gasteiger partial charge in [-0.1, -0.05) is 42.1 Å². The lowest BCUT2D eigenvalue weighted by Crippen LogP contribution is -2.31. The molecule has 0 spiro atoms. The SMILES string of the molecule is CCOC(=O)C1=C(C(=O)c2ccccc2)SC2=C(CCCC2=O)N1. The highest BCUT2D eigenvalue weighted by molar-refractivity contribution is 8.08. The van der Waals surface area contributed by atoms with Gasteiger partial charge in [-0.25, -0.2) is 4.79 Å². The number of ether oxygens (including phenoxy) is 1. The minimum Gasteiger partial charge on any atom is -0.461 e. The molecule has 1 N–H and O–H groups in total. The average Bonchev–Trinajstić information content (AvgIpc) is 2.61. The van der Waals surface area contributed by atoms with Crippen molar-refractivity contribution in [1.82, 2.24) is 5.32 Å². The number of nitrogens with one attached hydrogen (secondary N) is 1. The number of thioether (sulfide) groups is 1. The highest BCUT2D eigenvalue weighted by Gasteiger charge is 2.34. The van der Waals surface area contributed by atoms with Crippen molar-refractivity contribution in [2.75, 3.05) is 6.61 Å². The Morgan fingerprint density at radius 3 is 2.67 bits per heavy atom. The number of benzene rings is 1. The van der Waals surface area contributed by atoms with E-state index in [0.717, 1.165) is 18.2 Å². The zero-order valence-electron chi connectivity index (χ0n) is 13.3. The minimum absolute atomic E-state index is 0.00928. The molecule has 0 aromatic heterocycles. The molecule has 0 bridgehead atoms. The Balaban J connectivity index is 2.01. The first kappa shape index (κ1) is 16.5. The van der Waals surface area contributed by atoms with E-state index in [1.165, 1.54) is 0 Å². The number of Topliss-reactive ketones (excluding diaryl/α,β-unsaturated/α-hetero) is 2. The Labute approximate surface area is 144 Å². The zero-order valence-corrected chi connectivity index (χ0v) is 14.1. The van der Waals surface area contributed by atoms with Crippen LogP contribution in [0.15, 0.2) is 51.5 Å². The molecular formula is C18H17NO4S. The maximum absolute atomic E-state index is 12.8. The molecule has 6 heteroatoms. The first-order valence-electron chi connectivity index (χ1n) is 7.84. The van der Waals surface area contributed by atoms with Crippen LogP contribution in [0.2, 0.25) is 0 Å². The Morgan fingerprint density at radius 1 is 1.21 bits per heavy atom. The van der Waals surface area contributed by atoms with Gasteiger partial charge in [0.25, 0.3) is 0 Å². The van der Waals surface area contributed by atoms with E-state index in [2.05, 4.69) is 5.32 Å². The normalized spacial score (nSPS) is 17.3. The Kier molecular flexibility index (Phi) is 4.85. The molecule has 24 heavy (non-hydrogen) atoms. The fourth-order valence-corrected chi connectivity index (χ4v) is 3.79. The number of ketones is 2. The van der Waals surface area contributed by atoms with Crippen molar-refractivity contribution in [1.29, 1.82) is 0 Å². The van der Waals surface area contributed by atoms with Gasteiger partial charge in [-0.15, -0.1) is 0 Å². The summed E-state index contributed by atoms with van der Waals surface area (Å²) in [6, 6.07) is 8.70. The van der Waals surface area contributed by atoms with Gasteiger partial charge in [0, 0.05) is 17.7 Å². The first-order valence-corrected chi connectivity index (χ1v) is 8.65. The molecule has 0 saturated heterocycles. The number of hydrogen-bond acceptors (Lipinski definition) is 6. The molecule has 2 aliphatic rings. The van der Waals surface area contributed by atoms with Crippen molar-refractivity contribution in [2.45, 2.75) is 26.2 Å². The zero-order chi connectivity index (χ0) is 17.1. The number of rotatable bonds is 4. The Morgan fingerprint density at radius 2 is 1.96 bits per heavy atom. The number of allylic oxidation sites excluding steroid dienone is 3. The molecule has 124 valence electrons. The van der Waals surface area contributed by atoms with Gasteiger partial charge in [-0.2, -0.15) is 0 Å². The number of esters is 1. The molecule has 0 saturated carbocycles. The number of hydrogen-bond donors (Lipinski definition) is 1. The summed E-state index contributed by atoms with van der Waals surface area (Å²) in [7, 11) is 0. The van der Waals surface area contributed by atoms with Gasteiger partial charge in [0.15, 0.2) is 5.78 Å². The van der Waals surface area contributed by atoms with Crippen molar-refractivity contribution in [2.24, 2.45) is 0 Å². The van der Waals surface area contributed by atoms with Crippen molar-refractivity contribution in [3.8, 4) is 0 Å². The van der Waals surface area contributed by atoms with Crippen molar-refractivity contribution in [3.05, 3.63) is 57.1 Å². The van der Waals surface area contributed by atoms with Crippen molar-refractivity contribution >= 4 is 29.3 Å². The summed E-state index contributed by atoms with van der Waals surface area (Å²) in [5, 5.41) is 2.99. The lowest BCUT2D eigenvalue weighted by Gasteiger charge is -2.27. The average molecular weight is 343 g/mol. The van der Waals surface area contributed by atoms with Crippen LogP contribution in [0.4, 0.5) is 0 Å². The first-order chi connectivity index (χ1) is 11.6. The second-order valence-electron chi connectivity index (χ2n) is 5.43. The summed E-state index contributed by atoms with van der Waals surface area (Å²) in [5.41, 5.74) is 1.31. The quantitative estimate of drug-likeness (QED) is 0.669. The maximum Gasteiger partial charge on any atom is 0.356 e. The molecule has 3 rings (SSSR count). The van der Waals surface area contributed by atoms with Crippen molar-refractivity contribution < 1.29 is 19.1 Å². The second-order valence-corrected chi connectivity index (χ2v) is 6.45. The fraction of sp³-hybridized carbons (Fsp3) is 0.278. The van der Waals surface area contributed by atoms with Gasteiger partial charge in [0.1, 0.15) is 5.70 Å². The highest BCUT2D eigenvalue weighted by Crippen LogP contribution is 2.40. The maximum atomic E-state index is 12.8. The van der Waals surface area contributed by atoms with Gasteiger partial charge in [0.05, 0.1) is 16.4 Å². The number of carbonyl (C=O) groups is 3. The lowest BCUT2D eigenvalue weighted by molar-refractivity contribution is -0.139. The molecule has 5 nitrogen and oxygen atoms in total. The molecule has 0 radical (unpaired) electrons. The molecule has 1 aliphatic heterocycles. The fourth-order valence-electron chi connectivity index (χ4n) is 2.65.